The molecule has 2 heteroatoms. The Hall–Kier alpha value is -1.05. The molecule has 0 aliphatic carbocycles. The Bertz CT molecular complexity index is 190. The van der Waals surface area contributed by atoms with Crippen molar-refractivity contribution >= 4 is 5.69 Å². The summed E-state index contributed by atoms with van der Waals surface area (Å²) in [7, 11) is 1.91. The first-order valence-electron chi connectivity index (χ1n) is 3.50. The molecule has 1 N–H and O–H groups in total. The molecule has 0 unspecified atom stereocenters. The van der Waals surface area contributed by atoms with Crippen molar-refractivity contribution < 1.29 is 1.43 Å². The molecule has 2 nitrogen and oxygen atoms in total. The van der Waals surface area contributed by atoms with E-state index in [0.717, 1.165) is 17.8 Å². The SMILES string of the molecule is CCc1ncccc1NC.[HH]. The Balaban J connectivity index is 0.000001000. The van der Waals surface area contributed by atoms with E-state index in [1.807, 2.05) is 25.4 Å². The molecular weight excluding hydrogens is 124 g/mol. The molecule has 0 fully saturated rings. The van der Waals surface area contributed by atoms with Crippen molar-refractivity contribution in [3.05, 3.63) is 24.0 Å². The molecule has 56 valence electrons. The van der Waals surface area contributed by atoms with Gasteiger partial charge in [0.05, 0.1) is 11.4 Å². The first-order valence-corrected chi connectivity index (χ1v) is 3.50. The lowest BCUT2D eigenvalue weighted by Gasteiger charge is -2.03. The number of hydrogen-bond acceptors (Lipinski definition) is 2. The fourth-order valence-electron chi connectivity index (χ4n) is 0.947. The maximum Gasteiger partial charge on any atom is 0.0631 e. The van der Waals surface area contributed by atoms with E-state index in [0.29, 0.717) is 0 Å². The topological polar surface area (TPSA) is 24.9 Å². The van der Waals surface area contributed by atoms with Gasteiger partial charge in [0.25, 0.3) is 0 Å². The largest absolute Gasteiger partial charge is 0.387 e. The van der Waals surface area contributed by atoms with Gasteiger partial charge in [-0.25, -0.2) is 0 Å². The minimum atomic E-state index is 0. The highest BCUT2D eigenvalue weighted by Gasteiger charge is 1.95. The number of rotatable bonds is 2. The monoisotopic (exact) mass is 138 g/mol. The van der Waals surface area contributed by atoms with Crippen LogP contribution < -0.4 is 5.32 Å². The van der Waals surface area contributed by atoms with Crippen LogP contribution in [0.4, 0.5) is 5.69 Å². The van der Waals surface area contributed by atoms with E-state index in [9.17, 15) is 0 Å². The number of nitrogens with one attached hydrogen (secondary N) is 1. The van der Waals surface area contributed by atoms with Gasteiger partial charge >= 0.3 is 0 Å². The highest BCUT2D eigenvalue weighted by Crippen LogP contribution is 2.10. The summed E-state index contributed by atoms with van der Waals surface area (Å²) >= 11 is 0. The molecule has 1 aromatic heterocycles. The number of aromatic nitrogens is 1. The summed E-state index contributed by atoms with van der Waals surface area (Å²) in [5.74, 6) is 0. The third-order valence-electron chi connectivity index (χ3n) is 1.49. The third-order valence-corrected chi connectivity index (χ3v) is 1.49. The van der Waals surface area contributed by atoms with E-state index in [1.54, 1.807) is 0 Å². The summed E-state index contributed by atoms with van der Waals surface area (Å²) in [6, 6.07) is 3.97. The van der Waals surface area contributed by atoms with Crippen molar-refractivity contribution in [1.29, 1.82) is 0 Å². The van der Waals surface area contributed by atoms with Gasteiger partial charge in [0.1, 0.15) is 0 Å². The second kappa shape index (κ2) is 3.20. The summed E-state index contributed by atoms with van der Waals surface area (Å²) in [6.45, 7) is 2.10. The molecule has 0 atom stereocenters. The van der Waals surface area contributed by atoms with Gasteiger partial charge in [-0.3, -0.25) is 4.98 Å². The molecule has 1 rings (SSSR count). The number of anilines is 1. The van der Waals surface area contributed by atoms with E-state index >= 15 is 0 Å². The Kier molecular flexibility index (Phi) is 2.26. The molecule has 0 aliphatic rings. The maximum absolute atomic E-state index is 4.21. The van der Waals surface area contributed by atoms with Gasteiger partial charge < -0.3 is 5.32 Å². The van der Waals surface area contributed by atoms with E-state index < -0.39 is 0 Å². The summed E-state index contributed by atoms with van der Waals surface area (Å²) < 4.78 is 0. The quantitative estimate of drug-likeness (QED) is 0.675. The average molecular weight is 138 g/mol. The summed E-state index contributed by atoms with van der Waals surface area (Å²) in [5, 5.41) is 3.08. The third kappa shape index (κ3) is 1.26. The highest BCUT2D eigenvalue weighted by atomic mass is 14.9. The molecular formula is C8H14N2. The van der Waals surface area contributed by atoms with Crippen LogP contribution in [-0.2, 0) is 6.42 Å². The fourth-order valence-corrected chi connectivity index (χ4v) is 0.947. The number of aryl methyl sites for hydroxylation is 1. The van der Waals surface area contributed by atoms with Crippen LogP contribution in [0.5, 0.6) is 0 Å². The van der Waals surface area contributed by atoms with Crippen molar-refractivity contribution in [3.8, 4) is 0 Å². The lowest BCUT2D eigenvalue weighted by molar-refractivity contribution is 1.04. The fraction of sp³-hybridized carbons (Fsp3) is 0.375. The molecule has 10 heavy (non-hydrogen) atoms. The Labute approximate surface area is 62.8 Å². The molecule has 1 heterocycles. The number of hydrogen-bond donors (Lipinski definition) is 1. The minimum Gasteiger partial charge on any atom is -0.387 e. The molecule has 0 aliphatic heterocycles. The Morgan fingerprint density at radius 3 is 3.00 bits per heavy atom. The van der Waals surface area contributed by atoms with Gasteiger partial charge in [0, 0.05) is 14.7 Å². The van der Waals surface area contributed by atoms with E-state index in [1.165, 1.54) is 0 Å². The maximum atomic E-state index is 4.21. The Morgan fingerprint density at radius 2 is 2.50 bits per heavy atom. The first-order chi connectivity index (χ1) is 4.88. The zero-order valence-corrected chi connectivity index (χ0v) is 6.39. The zero-order chi connectivity index (χ0) is 7.40. The van der Waals surface area contributed by atoms with Gasteiger partial charge in [0.15, 0.2) is 0 Å². The van der Waals surface area contributed by atoms with Crippen molar-refractivity contribution in [2.45, 2.75) is 13.3 Å². The smallest absolute Gasteiger partial charge is 0.0631 e. The van der Waals surface area contributed by atoms with Gasteiger partial charge in [-0.15, -0.1) is 0 Å². The van der Waals surface area contributed by atoms with Gasteiger partial charge in [0.2, 0.25) is 0 Å². The van der Waals surface area contributed by atoms with Crippen LogP contribution in [0.25, 0.3) is 0 Å². The van der Waals surface area contributed by atoms with Crippen LogP contribution in [0.3, 0.4) is 0 Å². The standard InChI is InChI=1S/C8H12N2.H2/c1-3-7-8(9-2)5-4-6-10-7;/h4-6,9H,3H2,1-2H3;1H. The van der Waals surface area contributed by atoms with Crippen molar-refractivity contribution in [2.24, 2.45) is 0 Å². The minimum absolute atomic E-state index is 0. The van der Waals surface area contributed by atoms with E-state index in [-0.39, 0.29) is 1.43 Å². The van der Waals surface area contributed by atoms with E-state index in [4.69, 9.17) is 0 Å². The highest BCUT2D eigenvalue weighted by molar-refractivity contribution is 5.46. The lowest BCUT2D eigenvalue weighted by Crippen LogP contribution is -1.95. The summed E-state index contributed by atoms with van der Waals surface area (Å²) in [6.07, 6.45) is 2.80. The van der Waals surface area contributed by atoms with Gasteiger partial charge in [-0.1, -0.05) is 6.92 Å². The molecule has 0 saturated heterocycles. The Morgan fingerprint density at radius 1 is 1.70 bits per heavy atom. The molecule has 0 aromatic carbocycles. The van der Waals surface area contributed by atoms with Gasteiger partial charge in [-0.2, -0.15) is 0 Å². The average Bonchev–Trinajstić information content (AvgIpc) is 2.04. The molecule has 1 aromatic rings. The van der Waals surface area contributed by atoms with Crippen LogP contribution >= 0.6 is 0 Å². The predicted molar refractivity (Wildman–Crippen MR) is 45.3 cm³/mol. The normalized spacial score (nSPS) is 9.40. The van der Waals surface area contributed by atoms with Crippen LogP contribution in [0.1, 0.15) is 14.0 Å². The van der Waals surface area contributed by atoms with E-state index in [2.05, 4.69) is 17.2 Å². The number of pyridine rings is 1. The second-order valence-electron chi connectivity index (χ2n) is 2.10. The van der Waals surface area contributed by atoms with Crippen molar-refractivity contribution in [3.63, 3.8) is 0 Å². The number of nitrogens with zero attached hydrogens (tertiary/aromatic N) is 1. The first kappa shape index (κ1) is 7.06. The van der Waals surface area contributed by atoms with Crippen LogP contribution in [0, 0.1) is 0 Å². The molecule has 0 amide bonds. The molecule has 0 saturated carbocycles. The van der Waals surface area contributed by atoms with Crippen molar-refractivity contribution in [2.75, 3.05) is 12.4 Å². The summed E-state index contributed by atoms with van der Waals surface area (Å²) in [4.78, 5) is 4.21. The predicted octanol–water partition coefficient (Wildman–Crippen LogP) is 1.93. The lowest BCUT2D eigenvalue weighted by atomic mass is 10.2. The van der Waals surface area contributed by atoms with Gasteiger partial charge in [-0.05, 0) is 18.6 Å². The van der Waals surface area contributed by atoms with Crippen LogP contribution in [0.2, 0.25) is 0 Å². The van der Waals surface area contributed by atoms with Crippen molar-refractivity contribution in [1.82, 2.24) is 4.98 Å². The summed E-state index contributed by atoms with van der Waals surface area (Å²) in [5.41, 5.74) is 2.26. The zero-order valence-electron chi connectivity index (χ0n) is 6.39. The molecule has 0 radical (unpaired) electrons. The second-order valence-corrected chi connectivity index (χ2v) is 2.10. The molecule has 0 spiro atoms. The van der Waals surface area contributed by atoms with Crippen LogP contribution in [-0.4, -0.2) is 12.0 Å². The van der Waals surface area contributed by atoms with Crippen LogP contribution in [0.15, 0.2) is 18.3 Å². The molecule has 0 bridgehead atoms.